The van der Waals surface area contributed by atoms with Crippen molar-refractivity contribution < 1.29 is 13.7 Å². The fourth-order valence-corrected chi connectivity index (χ4v) is 4.02. The second-order valence-electron chi connectivity index (χ2n) is 5.65. The molecule has 0 spiro atoms. The smallest absolute Gasteiger partial charge is 0.175 e. The summed E-state index contributed by atoms with van der Waals surface area (Å²) >= 11 is 0. The number of nitrogens with one attached hydrogen (secondary N) is 2. The Kier molecular flexibility index (Phi) is 4.62. The quantitative estimate of drug-likeness (QED) is 0.866. The van der Waals surface area contributed by atoms with Crippen LogP contribution in [-0.4, -0.2) is 28.9 Å². The summed E-state index contributed by atoms with van der Waals surface area (Å²) in [5, 5.41) is 6.48. The van der Waals surface area contributed by atoms with E-state index in [4.69, 9.17) is 9.47 Å². The predicted molar refractivity (Wildman–Crippen MR) is 96.1 cm³/mol. The largest absolute Gasteiger partial charge is 0.497 e. The number of aryl methyl sites for hydroxylation is 1. The number of benzene rings is 1. The van der Waals surface area contributed by atoms with E-state index in [2.05, 4.69) is 15.6 Å². The molecule has 7 heteroatoms. The Balaban J connectivity index is 1.75. The molecule has 3 rings (SSSR count). The van der Waals surface area contributed by atoms with Crippen LogP contribution in [0.25, 0.3) is 0 Å². The second-order valence-corrected chi connectivity index (χ2v) is 7.17. The van der Waals surface area contributed by atoms with Crippen molar-refractivity contribution in [1.82, 2.24) is 4.98 Å². The van der Waals surface area contributed by atoms with Crippen LogP contribution in [0.1, 0.15) is 16.8 Å². The summed E-state index contributed by atoms with van der Waals surface area (Å²) in [4.78, 5) is 4.43. The van der Waals surface area contributed by atoms with Crippen molar-refractivity contribution in [2.75, 3.05) is 24.9 Å². The molecule has 2 aromatic rings. The number of aromatic nitrogens is 1. The van der Waals surface area contributed by atoms with Crippen molar-refractivity contribution in [1.29, 1.82) is 0 Å². The highest BCUT2D eigenvalue weighted by Gasteiger charge is 2.26. The van der Waals surface area contributed by atoms with Crippen molar-refractivity contribution >= 4 is 22.2 Å². The number of nitrogens with zero attached hydrogens (tertiary/aromatic N) is 1. The first-order valence-corrected chi connectivity index (χ1v) is 8.99. The van der Waals surface area contributed by atoms with Crippen LogP contribution in [0.3, 0.4) is 0 Å². The number of anilines is 2. The maximum atomic E-state index is 12.7. The summed E-state index contributed by atoms with van der Waals surface area (Å²) in [7, 11) is 2.07. The Bertz CT molecular complexity index is 795. The van der Waals surface area contributed by atoms with E-state index in [0.717, 1.165) is 39.7 Å². The first kappa shape index (κ1) is 16.6. The van der Waals surface area contributed by atoms with E-state index in [1.54, 1.807) is 20.4 Å². The van der Waals surface area contributed by atoms with Gasteiger partial charge in [0.05, 0.1) is 47.8 Å². The van der Waals surface area contributed by atoms with E-state index >= 15 is 0 Å². The number of rotatable bonds is 5. The molecule has 1 aromatic carbocycles. The fraction of sp³-hybridized carbons (Fsp3) is 0.353. The molecule has 0 amide bonds. The van der Waals surface area contributed by atoms with Crippen LogP contribution in [0, 0.1) is 13.8 Å². The van der Waals surface area contributed by atoms with E-state index in [1.807, 2.05) is 32.0 Å². The molecular weight excluding hydrogens is 326 g/mol. The van der Waals surface area contributed by atoms with Crippen molar-refractivity contribution in [3.05, 3.63) is 41.2 Å². The van der Waals surface area contributed by atoms with E-state index in [9.17, 15) is 4.21 Å². The first-order chi connectivity index (χ1) is 11.5. The average molecular weight is 347 g/mol. The van der Waals surface area contributed by atoms with Gasteiger partial charge in [0.15, 0.2) is 5.50 Å². The third-order valence-corrected chi connectivity index (χ3v) is 5.41. The van der Waals surface area contributed by atoms with Gasteiger partial charge in [0.1, 0.15) is 11.5 Å². The van der Waals surface area contributed by atoms with Gasteiger partial charge >= 0.3 is 0 Å². The predicted octanol–water partition coefficient (Wildman–Crippen LogP) is 2.79. The lowest BCUT2D eigenvalue weighted by molar-refractivity contribution is 0.407. The van der Waals surface area contributed by atoms with Gasteiger partial charge in [0.25, 0.3) is 0 Å². The lowest BCUT2D eigenvalue weighted by Gasteiger charge is -2.15. The molecule has 0 saturated heterocycles. The van der Waals surface area contributed by atoms with Gasteiger partial charge in [-0.05, 0) is 26.0 Å². The molecule has 0 unspecified atom stereocenters. The topological polar surface area (TPSA) is 72.5 Å². The van der Waals surface area contributed by atoms with Crippen LogP contribution < -0.4 is 20.1 Å². The lowest BCUT2D eigenvalue weighted by atomic mass is 10.1. The van der Waals surface area contributed by atoms with Crippen LogP contribution >= 0.6 is 0 Å². The Morgan fingerprint density at radius 3 is 2.62 bits per heavy atom. The highest BCUT2D eigenvalue weighted by Crippen LogP contribution is 2.34. The molecule has 0 aliphatic carbocycles. The minimum atomic E-state index is -1.19. The zero-order valence-corrected chi connectivity index (χ0v) is 15.0. The van der Waals surface area contributed by atoms with Gasteiger partial charge in [-0.15, -0.1) is 0 Å². The minimum Gasteiger partial charge on any atom is -0.497 e. The molecule has 0 saturated carbocycles. The number of pyridine rings is 1. The van der Waals surface area contributed by atoms with Crippen LogP contribution in [-0.2, 0) is 16.6 Å². The molecule has 0 radical (unpaired) electrons. The molecule has 0 bridgehead atoms. The second kappa shape index (κ2) is 6.68. The Morgan fingerprint density at radius 1 is 1.17 bits per heavy atom. The molecule has 1 aliphatic rings. The highest BCUT2D eigenvalue weighted by molar-refractivity contribution is 7.85. The molecule has 1 aromatic heterocycles. The molecule has 128 valence electrons. The normalized spacial score (nSPS) is 16.8. The molecule has 1 aliphatic heterocycles. The van der Waals surface area contributed by atoms with Gasteiger partial charge in [0, 0.05) is 23.4 Å². The van der Waals surface area contributed by atoms with Crippen molar-refractivity contribution in [2.45, 2.75) is 25.1 Å². The Hall–Kier alpha value is -2.28. The van der Waals surface area contributed by atoms with Gasteiger partial charge in [-0.3, -0.25) is 9.19 Å². The number of ether oxygens (including phenoxy) is 2. The van der Waals surface area contributed by atoms with Gasteiger partial charge in [-0.1, -0.05) is 0 Å². The monoisotopic (exact) mass is 347 g/mol. The average Bonchev–Trinajstić information content (AvgIpc) is 3.01. The van der Waals surface area contributed by atoms with Gasteiger partial charge in [-0.2, -0.15) is 0 Å². The molecule has 0 fully saturated rings. The van der Waals surface area contributed by atoms with Crippen LogP contribution in [0.2, 0.25) is 0 Å². The van der Waals surface area contributed by atoms with Gasteiger partial charge < -0.3 is 20.1 Å². The third-order valence-electron chi connectivity index (χ3n) is 4.09. The number of fused-ring (bicyclic) bond motifs is 1. The fourth-order valence-electron chi connectivity index (χ4n) is 2.78. The lowest BCUT2D eigenvalue weighted by Crippen LogP contribution is -2.29. The summed E-state index contributed by atoms with van der Waals surface area (Å²) in [6.07, 6.45) is 1.76. The summed E-state index contributed by atoms with van der Waals surface area (Å²) in [6, 6.07) is 5.67. The Morgan fingerprint density at radius 2 is 1.92 bits per heavy atom. The zero-order chi connectivity index (χ0) is 17.3. The standard InChI is InChI=1S/C17H21N3O3S/c1-10-8-18-15(11(2)16(10)23-4)9-24(21)17-19-13-6-5-12(22-3)7-14(13)20-17/h5-8,17,19-20H,9H2,1-4H3/t17-,24-/m1/s1. The molecule has 2 heterocycles. The Labute approximate surface area is 144 Å². The number of hydrogen-bond acceptors (Lipinski definition) is 6. The third kappa shape index (κ3) is 3.03. The zero-order valence-electron chi connectivity index (χ0n) is 14.2. The molecular formula is C17H21N3O3S. The van der Waals surface area contributed by atoms with E-state index < -0.39 is 10.8 Å². The van der Waals surface area contributed by atoms with E-state index in [0.29, 0.717) is 5.75 Å². The summed E-state index contributed by atoms with van der Waals surface area (Å²) in [6.45, 7) is 3.89. The summed E-state index contributed by atoms with van der Waals surface area (Å²) in [5.41, 5.74) is 4.14. The van der Waals surface area contributed by atoms with Crippen molar-refractivity contribution in [3.8, 4) is 11.5 Å². The first-order valence-electron chi connectivity index (χ1n) is 7.61. The number of hydrogen-bond donors (Lipinski definition) is 2. The number of methoxy groups -OCH3 is 2. The van der Waals surface area contributed by atoms with E-state index in [1.165, 1.54) is 0 Å². The molecule has 24 heavy (non-hydrogen) atoms. The maximum Gasteiger partial charge on any atom is 0.175 e. The highest BCUT2D eigenvalue weighted by atomic mass is 32.2. The summed E-state index contributed by atoms with van der Waals surface area (Å²) < 4.78 is 23.4. The van der Waals surface area contributed by atoms with Crippen LogP contribution in [0.4, 0.5) is 11.4 Å². The molecule has 2 N–H and O–H groups in total. The minimum absolute atomic E-state index is 0.345. The maximum absolute atomic E-state index is 12.7. The van der Waals surface area contributed by atoms with Crippen molar-refractivity contribution in [3.63, 3.8) is 0 Å². The molecule has 6 nitrogen and oxygen atoms in total. The van der Waals surface area contributed by atoms with Crippen molar-refractivity contribution in [2.24, 2.45) is 0 Å². The SMILES string of the molecule is COc1ccc2c(c1)N[C@H]([S@](=O)Cc1ncc(C)c(OC)c1C)N2. The van der Waals surface area contributed by atoms with Crippen LogP contribution in [0.5, 0.6) is 11.5 Å². The molecule has 2 atom stereocenters. The van der Waals surface area contributed by atoms with Crippen LogP contribution in [0.15, 0.2) is 24.4 Å². The van der Waals surface area contributed by atoms with Gasteiger partial charge in [0.2, 0.25) is 0 Å². The summed E-state index contributed by atoms with van der Waals surface area (Å²) in [5.74, 6) is 1.91. The van der Waals surface area contributed by atoms with E-state index in [-0.39, 0.29) is 5.50 Å². The van der Waals surface area contributed by atoms with Gasteiger partial charge in [-0.25, -0.2) is 0 Å².